The van der Waals surface area contributed by atoms with Gasteiger partial charge < -0.3 is 14.9 Å². The molecular formula is C13H17NO6S. The molecule has 0 aromatic heterocycles. The summed E-state index contributed by atoms with van der Waals surface area (Å²) in [5.41, 5.74) is -0.0818. The van der Waals surface area contributed by atoms with E-state index in [0.29, 0.717) is 6.61 Å². The van der Waals surface area contributed by atoms with Gasteiger partial charge >= 0.3 is 0 Å². The first-order valence-corrected chi connectivity index (χ1v) is 7.26. The Kier molecular flexibility index (Phi) is 6.60. The van der Waals surface area contributed by atoms with Gasteiger partial charge in [-0.2, -0.15) is 0 Å². The average molecular weight is 315 g/mol. The molecule has 2 N–H and O–H groups in total. The second-order valence-corrected chi connectivity index (χ2v) is 5.42. The Hall–Kier alpha value is -1.64. The van der Waals surface area contributed by atoms with E-state index in [1.54, 1.807) is 6.92 Å². The van der Waals surface area contributed by atoms with Gasteiger partial charge in [0.2, 0.25) is 0 Å². The Labute approximate surface area is 126 Å². The van der Waals surface area contributed by atoms with Crippen LogP contribution in [0.4, 0.5) is 5.69 Å². The van der Waals surface area contributed by atoms with Crippen molar-refractivity contribution in [3.05, 3.63) is 33.9 Å². The zero-order chi connectivity index (χ0) is 16.0. The number of nitro groups is 1. The van der Waals surface area contributed by atoms with Crippen LogP contribution in [-0.2, 0) is 4.79 Å². The van der Waals surface area contributed by atoms with Crippen LogP contribution in [0.25, 0.3) is 0 Å². The van der Waals surface area contributed by atoms with Gasteiger partial charge in [0.05, 0.1) is 17.6 Å². The van der Waals surface area contributed by atoms with Crippen LogP contribution in [0.5, 0.6) is 5.75 Å². The number of ether oxygens (including phenoxy) is 1. The number of nitro benzene ring substituents is 1. The summed E-state index contributed by atoms with van der Waals surface area (Å²) in [4.78, 5) is 21.1. The van der Waals surface area contributed by atoms with E-state index >= 15 is 0 Å². The summed E-state index contributed by atoms with van der Waals surface area (Å²) >= 11 is 0.868. The Morgan fingerprint density at radius 1 is 1.48 bits per heavy atom. The molecule has 116 valence electrons. The van der Waals surface area contributed by atoms with E-state index in [2.05, 4.69) is 0 Å². The van der Waals surface area contributed by atoms with Gasteiger partial charge in [-0.15, -0.1) is 0 Å². The molecule has 0 bridgehead atoms. The summed E-state index contributed by atoms with van der Waals surface area (Å²) in [6, 6.07) is 3.81. The van der Waals surface area contributed by atoms with E-state index in [1.807, 2.05) is 0 Å². The third-order valence-corrected chi connectivity index (χ3v) is 3.56. The predicted octanol–water partition coefficient (Wildman–Crippen LogP) is 1.67. The lowest BCUT2D eigenvalue weighted by Gasteiger charge is -2.20. The highest BCUT2D eigenvalue weighted by molar-refractivity contribution is 8.13. The number of rotatable bonds is 7. The van der Waals surface area contributed by atoms with Gasteiger partial charge in [-0.05, 0) is 13.0 Å². The van der Waals surface area contributed by atoms with E-state index in [1.165, 1.54) is 19.1 Å². The van der Waals surface area contributed by atoms with Crippen LogP contribution in [0.2, 0.25) is 0 Å². The third-order valence-electron chi connectivity index (χ3n) is 2.64. The zero-order valence-corrected chi connectivity index (χ0v) is 12.5. The summed E-state index contributed by atoms with van der Waals surface area (Å²) in [5, 5.41) is 30.6. The van der Waals surface area contributed by atoms with Crippen LogP contribution in [0.15, 0.2) is 18.2 Å². The van der Waals surface area contributed by atoms with E-state index in [4.69, 9.17) is 4.74 Å². The molecule has 0 spiro atoms. The molecule has 21 heavy (non-hydrogen) atoms. The van der Waals surface area contributed by atoms with Gasteiger partial charge in [0.1, 0.15) is 11.9 Å². The molecule has 0 fully saturated rings. The number of carbonyl (C=O) groups excluding carboxylic acids is 1. The Bertz CT molecular complexity index is 521. The summed E-state index contributed by atoms with van der Waals surface area (Å²) in [5.74, 6) is 0.257. The SMILES string of the molecule is CCOc1ccc([N+](=O)[O-])cc1C(O)C(O)CSC(C)=O. The molecule has 0 aliphatic rings. The monoisotopic (exact) mass is 315 g/mol. The average Bonchev–Trinajstić information content (AvgIpc) is 2.44. The van der Waals surface area contributed by atoms with E-state index in [9.17, 15) is 25.1 Å². The first-order chi connectivity index (χ1) is 9.86. The molecule has 0 amide bonds. The van der Waals surface area contributed by atoms with Crippen LogP contribution >= 0.6 is 11.8 Å². The molecule has 0 saturated carbocycles. The van der Waals surface area contributed by atoms with Crippen LogP contribution in [0, 0.1) is 10.1 Å². The minimum Gasteiger partial charge on any atom is -0.493 e. The minimum atomic E-state index is -1.38. The van der Waals surface area contributed by atoms with Crippen molar-refractivity contribution in [3.63, 3.8) is 0 Å². The number of thioether (sulfide) groups is 1. The highest BCUT2D eigenvalue weighted by Gasteiger charge is 2.25. The maximum atomic E-state index is 10.9. The summed E-state index contributed by atoms with van der Waals surface area (Å²) < 4.78 is 5.30. The fourth-order valence-corrected chi connectivity index (χ4v) is 2.26. The maximum Gasteiger partial charge on any atom is 0.270 e. The van der Waals surface area contributed by atoms with Crippen molar-refractivity contribution in [1.29, 1.82) is 0 Å². The van der Waals surface area contributed by atoms with Gasteiger partial charge in [-0.3, -0.25) is 14.9 Å². The Morgan fingerprint density at radius 3 is 2.67 bits per heavy atom. The lowest BCUT2D eigenvalue weighted by molar-refractivity contribution is -0.385. The molecule has 0 heterocycles. The standard InChI is InChI=1S/C13H17NO6S/c1-3-20-12-5-4-9(14(18)19)6-10(12)13(17)11(16)7-21-8(2)15/h4-6,11,13,16-17H,3,7H2,1-2H3. The quantitative estimate of drug-likeness (QED) is 0.581. The number of aliphatic hydroxyl groups excluding tert-OH is 2. The highest BCUT2D eigenvalue weighted by Crippen LogP contribution is 2.32. The molecule has 0 aliphatic carbocycles. The van der Waals surface area contributed by atoms with Crippen molar-refractivity contribution < 1.29 is 24.7 Å². The van der Waals surface area contributed by atoms with Crippen LogP contribution < -0.4 is 4.74 Å². The largest absolute Gasteiger partial charge is 0.493 e. The fourth-order valence-electron chi connectivity index (χ4n) is 1.67. The molecule has 8 heteroatoms. The van der Waals surface area contributed by atoms with E-state index in [0.717, 1.165) is 17.8 Å². The topological polar surface area (TPSA) is 110 Å². The molecule has 1 aromatic carbocycles. The minimum absolute atomic E-state index is 0.00917. The Balaban J connectivity index is 3.03. The van der Waals surface area contributed by atoms with Crippen LogP contribution in [0.1, 0.15) is 25.5 Å². The second-order valence-electron chi connectivity index (χ2n) is 4.23. The highest BCUT2D eigenvalue weighted by atomic mass is 32.2. The zero-order valence-electron chi connectivity index (χ0n) is 11.7. The van der Waals surface area contributed by atoms with E-state index in [-0.39, 0.29) is 27.9 Å². The molecule has 7 nitrogen and oxygen atoms in total. The molecule has 2 atom stereocenters. The molecule has 0 saturated heterocycles. The van der Waals surface area contributed by atoms with Crippen molar-refractivity contribution in [2.24, 2.45) is 0 Å². The fraction of sp³-hybridized carbons (Fsp3) is 0.462. The van der Waals surface area contributed by atoms with Gasteiger partial charge in [0.25, 0.3) is 5.69 Å². The van der Waals surface area contributed by atoms with Crippen molar-refractivity contribution >= 4 is 22.6 Å². The number of hydrogen-bond donors (Lipinski definition) is 2. The van der Waals surface area contributed by atoms with Crippen molar-refractivity contribution in [1.82, 2.24) is 0 Å². The molecule has 1 rings (SSSR count). The summed E-state index contributed by atoms with van der Waals surface area (Å²) in [6.45, 7) is 3.40. The van der Waals surface area contributed by atoms with Crippen molar-refractivity contribution in [2.45, 2.75) is 26.1 Å². The number of carbonyl (C=O) groups is 1. The molecule has 1 aromatic rings. The third kappa shape index (κ3) is 5.00. The van der Waals surface area contributed by atoms with E-state index < -0.39 is 17.1 Å². The number of benzene rings is 1. The normalized spacial score (nSPS) is 13.5. The number of hydrogen-bond acceptors (Lipinski definition) is 7. The molecule has 0 radical (unpaired) electrons. The van der Waals surface area contributed by atoms with Crippen molar-refractivity contribution in [3.8, 4) is 5.75 Å². The molecule has 2 unspecified atom stereocenters. The molecular weight excluding hydrogens is 298 g/mol. The number of non-ortho nitro benzene ring substituents is 1. The Morgan fingerprint density at radius 2 is 2.14 bits per heavy atom. The van der Waals surface area contributed by atoms with Gasteiger partial charge in [0.15, 0.2) is 5.12 Å². The molecule has 0 aliphatic heterocycles. The van der Waals surface area contributed by atoms with Gasteiger partial charge in [-0.1, -0.05) is 11.8 Å². The van der Waals surface area contributed by atoms with Gasteiger partial charge in [-0.25, -0.2) is 0 Å². The number of aliphatic hydroxyl groups is 2. The smallest absolute Gasteiger partial charge is 0.270 e. The second kappa shape index (κ2) is 7.96. The summed E-state index contributed by atoms with van der Waals surface area (Å²) in [6.07, 6.45) is -2.61. The lowest BCUT2D eigenvalue weighted by atomic mass is 10.0. The predicted molar refractivity (Wildman–Crippen MR) is 78.4 cm³/mol. The lowest BCUT2D eigenvalue weighted by Crippen LogP contribution is -2.22. The van der Waals surface area contributed by atoms with Gasteiger partial charge in [0, 0.05) is 30.4 Å². The van der Waals surface area contributed by atoms with Crippen molar-refractivity contribution in [2.75, 3.05) is 12.4 Å². The first-order valence-electron chi connectivity index (χ1n) is 6.27. The number of nitrogens with zero attached hydrogens (tertiary/aromatic N) is 1. The maximum absolute atomic E-state index is 10.9. The van der Waals surface area contributed by atoms with Crippen LogP contribution in [-0.4, -0.2) is 38.7 Å². The first kappa shape index (κ1) is 17.4. The van der Waals surface area contributed by atoms with Crippen LogP contribution in [0.3, 0.4) is 0 Å². The summed E-state index contributed by atoms with van der Waals surface area (Å²) in [7, 11) is 0.